The van der Waals surface area contributed by atoms with Crippen molar-refractivity contribution in [3.63, 3.8) is 0 Å². The summed E-state index contributed by atoms with van der Waals surface area (Å²) in [5.41, 5.74) is 1.19. The van der Waals surface area contributed by atoms with Crippen molar-refractivity contribution in [2.24, 2.45) is 0 Å². The van der Waals surface area contributed by atoms with Crippen molar-refractivity contribution >= 4 is 23.6 Å². The molecule has 0 amide bonds. The van der Waals surface area contributed by atoms with Crippen molar-refractivity contribution < 1.29 is 0 Å². The highest BCUT2D eigenvalue weighted by atomic mass is 32.1. The Morgan fingerprint density at radius 2 is 2.25 bits per heavy atom. The quantitative estimate of drug-likeness (QED) is 0.684. The van der Waals surface area contributed by atoms with Gasteiger partial charge in [-0.05, 0) is 26.1 Å². The number of aromatic nitrogens is 1. The molecule has 4 heteroatoms. The number of hydrogen-bond donors (Lipinski definition) is 0. The van der Waals surface area contributed by atoms with Gasteiger partial charge in [0.05, 0.1) is 12.5 Å². The molecule has 12 heavy (non-hydrogen) atoms. The summed E-state index contributed by atoms with van der Waals surface area (Å²) in [5, 5.41) is 8.42. The van der Waals surface area contributed by atoms with Gasteiger partial charge >= 0.3 is 0 Å². The van der Waals surface area contributed by atoms with Crippen molar-refractivity contribution in [2.45, 2.75) is 26.8 Å². The Morgan fingerprint density at radius 1 is 1.58 bits per heavy atom. The molecule has 1 aromatic rings. The van der Waals surface area contributed by atoms with E-state index in [9.17, 15) is 0 Å². The third-order valence-corrected chi connectivity index (χ3v) is 3.29. The molecule has 0 bridgehead atoms. The smallest absolute Gasteiger partial charge is 0.161 e. The fourth-order valence-electron chi connectivity index (χ4n) is 1.01. The van der Waals surface area contributed by atoms with Gasteiger partial charge in [0.1, 0.15) is 0 Å². The number of rotatable bonds is 2. The highest BCUT2D eigenvalue weighted by Crippen LogP contribution is 2.17. The van der Waals surface area contributed by atoms with Crippen molar-refractivity contribution in [1.29, 1.82) is 5.26 Å². The third-order valence-electron chi connectivity index (χ3n) is 1.82. The SMILES string of the molecule is Cc1sc(=S)n(CCC#N)c1C. The number of nitrogens with zero attached hydrogens (tertiary/aromatic N) is 2. The van der Waals surface area contributed by atoms with E-state index < -0.39 is 0 Å². The summed E-state index contributed by atoms with van der Waals surface area (Å²) in [7, 11) is 0. The van der Waals surface area contributed by atoms with Crippen LogP contribution in [0.5, 0.6) is 0 Å². The van der Waals surface area contributed by atoms with Crippen LogP contribution in [0.2, 0.25) is 0 Å². The van der Waals surface area contributed by atoms with E-state index in [1.807, 2.05) is 11.5 Å². The molecule has 0 aliphatic carbocycles. The summed E-state index contributed by atoms with van der Waals surface area (Å²) in [4.78, 5) is 1.25. The van der Waals surface area contributed by atoms with Crippen LogP contribution >= 0.6 is 23.6 Å². The Kier molecular flexibility index (Phi) is 3.01. The zero-order valence-corrected chi connectivity index (χ0v) is 8.76. The van der Waals surface area contributed by atoms with Gasteiger partial charge in [0.15, 0.2) is 3.95 Å². The van der Waals surface area contributed by atoms with E-state index in [1.54, 1.807) is 11.3 Å². The van der Waals surface area contributed by atoms with Crippen molar-refractivity contribution in [3.05, 3.63) is 14.5 Å². The first kappa shape index (κ1) is 9.43. The second-order valence-electron chi connectivity index (χ2n) is 2.57. The molecule has 64 valence electrons. The molecule has 0 saturated heterocycles. The molecule has 2 nitrogen and oxygen atoms in total. The molecule has 0 atom stereocenters. The summed E-state index contributed by atoms with van der Waals surface area (Å²) in [6.45, 7) is 4.82. The first-order valence-corrected chi connectivity index (χ1v) is 4.93. The Morgan fingerprint density at radius 3 is 2.67 bits per heavy atom. The lowest BCUT2D eigenvalue weighted by Gasteiger charge is -2.00. The Bertz CT molecular complexity index is 367. The molecule has 0 aromatic carbocycles. The molecule has 0 aliphatic heterocycles. The van der Waals surface area contributed by atoms with Gasteiger partial charge in [0, 0.05) is 17.1 Å². The predicted octanol–water partition coefficient (Wildman–Crippen LogP) is 2.81. The van der Waals surface area contributed by atoms with Crippen LogP contribution in [-0.4, -0.2) is 4.57 Å². The van der Waals surface area contributed by atoms with Gasteiger partial charge in [-0.3, -0.25) is 0 Å². The van der Waals surface area contributed by atoms with E-state index in [-0.39, 0.29) is 0 Å². The summed E-state index contributed by atoms with van der Waals surface area (Å²) < 4.78 is 2.90. The zero-order valence-electron chi connectivity index (χ0n) is 7.13. The molecule has 1 rings (SSSR count). The van der Waals surface area contributed by atoms with E-state index in [4.69, 9.17) is 17.5 Å². The fourth-order valence-corrected chi connectivity index (χ4v) is 2.47. The number of thiazole rings is 1. The van der Waals surface area contributed by atoms with E-state index in [0.717, 1.165) is 10.5 Å². The minimum Gasteiger partial charge on any atom is -0.326 e. The van der Waals surface area contributed by atoms with Crippen LogP contribution in [0.25, 0.3) is 0 Å². The monoisotopic (exact) mass is 198 g/mol. The van der Waals surface area contributed by atoms with Crippen molar-refractivity contribution in [2.75, 3.05) is 0 Å². The lowest BCUT2D eigenvalue weighted by Crippen LogP contribution is -1.99. The Hall–Kier alpha value is -0.660. The van der Waals surface area contributed by atoms with Crippen LogP contribution in [0.3, 0.4) is 0 Å². The molecule has 0 unspecified atom stereocenters. The standard InChI is InChI=1S/C8H10N2S2/c1-6-7(2)12-8(11)10(6)5-3-4-9/h3,5H2,1-2H3. The molecule has 1 heterocycles. The van der Waals surface area contributed by atoms with Crippen molar-refractivity contribution in [3.8, 4) is 6.07 Å². The van der Waals surface area contributed by atoms with Crippen LogP contribution in [0.1, 0.15) is 17.0 Å². The lowest BCUT2D eigenvalue weighted by molar-refractivity contribution is 0.692. The average molecular weight is 198 g/mol. The molecule has 0 saturated carbocycles. The Balaban J connectivity index is 2.99. The van der Waals surface area contributed by atoms with Crippen LogP contribution in [0, 0.1) is 29.1 Å². The molecular formula is C8H10N2S2. The number of aryl methyl sites for hydroxylation is 1. The molecular weight excluding hydrogens is 188 g/mol. The van der Waals surface area contributed by atoms with E-state index in [2.05, 4.69) is 13.0 Å². The predicted molar refractivity (Wildman–Crippen MR) is 52.8 cm³/mol. The minimum atomic E-state index is 0.533. The van der Waals surface area contributed by atoms with E-state index in [0.29, 0.717) is 6.42 Å². The average Bonchev–Trinajstić information content (AvgIpc) is 2.25. The molecule has 0 N–H and O–H groups in total. The molecule has 0 aliphatic rings. The highest BCUT2D eigenvalue weighted by Gasteiger charge is 2.03. The highest BCUT2D eigenvalue weighted by molar-refractivity contribution is 7.73. The largest absolute Gasteiger partial charge is 0.326 e. The van der Waals surface area contributed by atoms with Gasteiger partial charge < -0.3 is 4.57 Å². The minimum absolute atomic E-state index is 0.533. The summed E-state index contributed by atoms with van der Waals surface area (Å²) in [6.07, 6.45) is 0.533. The topological polar surface area (TPSA) is 28.7 Å². The molecule has 0 fully saturated rings. The second kappa shape index (κ2) is 3.83. The van der Waals surface area contributed by atoms with Gasteiger partial charge in [-0.2, -0.15) is 5.26 Å². The number of hydrogen-bond acceptors (Lipinski definition) is 3. The van der Waals surface area contributed by atoms with Crippen LogP contribution < -0.4 is 0 Å². The van der Waals surface area contributed by atoms with Gasteiger partial charge in [-0.15, -0.1) is 11.3 Å². The lowest BCUT2D eigenvalue weighted by atomic mass is 10.4. The normalized spacial score (nSPS) is 9.75. The van der Waals surface area contributed by atoms with Gasteiger partial charge in [0.2, 0.25) is 0 Å². The summed E-state index contributed by atoms with van der Waals surface area (Å²) in [6, 6.07) is 2.12. The molecule has 1 aromatic heterocycles. The van der Waals surface area contributed by atoms with Crippen molar-refractivity contribution in [1.82, 2.24) is 4.57 Å². The molecule has 0 radical (unpaired) electrons. The van der Waals surface area contributed by atoms with Gasteiger partial charge in [-0.1, -0.05) is 0 Å². The first-order valence-electron chi connectivity index (χ1n) is 3.70. The third kappa shape index (κ3) is 1.74. The Labute approximate surface area is 81.1 Å². The van der Waals surface area contributed by atoms with Gasteiger partial charge in [-0.25, -0.2) is 0 Å². The second-order valence-corrected chi connectivity index (χ2v) is 4.42. The number of nitriles is 1. The summed E-state index contributed by atoms with van der Waals surface area (Å²) in [5.74, 6) is 0. The van der Waals surface area contributed by atoms with Crippen LogP contribution in [0.4, 0.5) is 0 Å². The van der Waals surface area contributed by atoms with E-state index >= 15 is 0 Å². The van der Waals surface area contributed by atoms with E-state index in [1.165, 1.54) is 10.6 Å². The zero-order chi connectivity index (χ0) is 9.14. The summed E-state index contributed by atoms with van der Waals surface area (Å²) >= 11 is 6.76. The first-order chi connectivity index (χ1) is 5.66. The maximum atomic E-state index is 8.42. The molecule has 0 spiro atoms. The fraction of sp³-hybridized carbons (Fsp3) is 0.500. The maximum Gasteiger partial charge on any atom is 0.161 e. The van der Waals surface area contributed by atoms with Crippen LogP contribution in [-0.2, 0) is 6.54 Å². The van der Waals surface area contributed by atoms with Gasteiger partial charge in [0.25, 0.3) is 0 Å². The van der Waals surface area contributed by atoms with Crippen LogP contribution in [0.15, 0.2) is 0 Å². The maximum absolute atomic E-state index is 8.42.